The molecule has 2 aromatic rings. The van der Waals surface area contributed by atoms with Gasteiger partial charge in [-0.2, -0.15) is 0 Å². The molecular weight excluding hydrogens is 266 g/mol. The number of phenolic OH excluding ortho intramolecular Hbond substituents is 1. The number of aliphatic hydroxyl groups is 1. The molecule has 1 unspecified atom stereocenters. The summed E-state index contributed by atoms with van der Waals surface area (Å²) in [7, 11) is 1.52. The second-order valence-electron chi connectivity index (χ2n) is 5.22. The first-order chi connectivity index (χ1) is 10.1. The second kappa shape index (κ2) is 6.61. The molecule has 3 N–H and O–H groups in total. The fraction of sp³-hybridized carbons (Fsp3) is 0.294. The molecule has 0 aromatic heterocycles. The Kier molecular flexibility index (Phi) is 4.83. The van der Waals surface area contributed by atoms with Crippen molar-refractivity contribution in [2.24, 2.45) is 0 Å². The first-order valence-corrected chi connectivity index (χ1v) is 6.86. The number of hydrogen-bond acceptors (Lipinski definition) is 4. The Bertz CT molecular complexity index is 586. The third-order valence-corrected chi connectivity index (χ3v) is 3.65. The summed E-state index contributed by atoms with van der Waals surface area (Å²) in [6.07, 6.45) is 0. The zero-order valence-corrected chi connectivity index (χ0v) is 12.3. The Morgan fingerprint density at radius 3 is 2.48 bits per heavy atom. The van der Waals surface area contributed by atoms with Crippen LogP contribution in [-0.4, -0.2) is 23.9 Å². The molecule has 4 heteroatoms. The lowest BCUT2D eigenvalue weighted by Gasteiger charge is -2.29. The van der Waals surface area contributed by atoms with Gasteiger partial charge in [-0.3, -0.25) is 0 Å². The summed E-state index contributed by atoms with van der Waals surface area (Å²) in [4.78, 5) is 0. The van der Waals surface area contributed by atoms with Gasteiger partial charge in [0.1, 0.15) is 0 Å². The highest BCUT2D eigenvalue weighted by Crippen LogP contribution is 2.27. The van der Waals surface area contributed by atoms with Crippen LogP contribution in [0.25, 0.3) is 0 Å². The van der Waals surface area contributed by atoms with E-state index in [1.54, 1.807) is 12.1 Å². The maximum Gasteiger partial charge on any atom is 0.160 e. The summed E-state index contributed by atoms with van der Waals surface area (Å²) in [6, 6.07) is 15.0. The summed E-state index contributed by atoms with van der Waals surface area (Å²) in [5.74, 6) is 0.564. The summed E-state index contributed by atoms with van der Waals surface area (Å²) in [6.45, 7) is 2.51. The number of ether oxygens (including phenoxy) is 1. The average Bonchev–Trinajstić information content (AvgIpc) is 2.54. The summed E-state index contributed by atoms with van der Waals surface area (Å²) >= 11 is 0. The van der Waals surface area contributed by atoms with E-state index in [2.05, 4.69) is 5.32 Å². The molecule has 0 radical (unpaired) electrons. The number of aromatic hydroxyl groups is 1. The molecule has 112 valence electrons. The van der Waals surface area contributed by atoms with Crippen molar-refractivity contribution in [3.8, 4) is 11.5 Å². The summed E-state index contributed by atoms with van der Waals surface area (Å²) < 4.78 is 5.10. The van der Waals surface area contributed by atoms with Crippen molar-refractivity contribution >= 4 is 0 Å². The van der Waals surface area contributed by atoms with Crippen LogP contribution in [0.4, 0.5) is 0 Å². The first kappa shape index (κ1) is 15.4. The lowest BCUT2D eigenvalue weighted by atomic mass is 9.92. The Hall–Kier alpha value is -2.04. The maximum atomic E-state index is 9.73. The van der Waals surface area contributed by atoms with E-state index in [1.165, 1.54) is 7.11 Å². The van der Waals surface area contributed by atoms with Gasteiger partial charge in [0.2, 0.25) is 0 Å². The largest absolute Gasteiger partial charge is 0.504 e. The number of nitrogens with one attached hydrogen (secondary N) is 1. The minimum absolute atomic E-state index is 0.00771. The van der Waals surface area contributed by atoms with Crippen molar-refractivity contribution < 1.29 is 14.9 Å². The minimum Gasteiger partial charge on any atom is -0.504 e. The molecule has 0 saturated carbocycles. The van der Waals surface area contributed by atoms with Crippen molar-refractivity contribution in [2.45, 2.75) is 19.0 Å². The van der Waals surface area contributed by atoms with E-state index < -0.39 is 5.54 Å². The second-order valence-corrected chi connectivity index (χ2v) is 5.22. The Balaban J connectivity index is 2.13. The first-order valence-electron chi connectivity index (χ1n) is 6.86. The van der Waals surface area contributed by atoms with Gasteiger partial charge in [-0.25, -0.2) is 0 Å². The van der Waals surface area contributed by atoms with Gasteiger partial charge in [-0.1, -0.05) is 36.4 Å². The zero-order chi connectivity index (χ0) is 15.3. The van der Waals surface area contributed by atoms with Crippen molar-refractivity contribution in [3.63, 3.8) is 0 Å². The molecule has 2 rings (SSSR count). The van der Waals surface area contributed by atoms with Crippen LogP contribution >= 0.6 is 0 Å². The van der Waals surface area contributed by atoms with Crippen LogP contribution in [0.2, 0.25) is 0 Å². The van der Waals surface area contributed by atoms with Crippen LogP contribution in [0.3, 0.4) is 0 Å². The number of phenols is 1. The third kappa shape index (κ3) is 3.54. The lowest BCUT2D eigenvalue weighted by Crippen LogP contribution is -2.42. The zero-order valence-electron chi connectivity index (χ0n) is 12.3. The van der Waals surface area contributed by atoms with E-state index in [-0.39, 0.29) is 12.4 Å². The predicted octanol–water partition coefficient (Wildman–Crippen LogP) is 2.40. The fourth-order valence-electron chi connectivity index (χ4n) is 2.18. The molecule has 0 fully saturated rings. The molecule has 0 aliphatic carbocycles. The molecule has 0 aliphatic rings. The highest BCUT2D eigenvalue weighted by atomic mass is 16.5. The van der Waals surface area contributed by atoms with Crippen molar-refractivity contribution in [2.75, 3.05) is 13.7 Å². The average molecular weight is 287 g/mol. The van der Waals surface area contributed by atoms with Crippen LogP contribution in [0, 0.1) is 0 Å². The van der Waals surface area contributed by atoms with Gasteiger partial charge in [0.05, 0.1) is 19.3 Å². The van der Waals surface area contributed by atoms with Gasteiger partial charge in [0.25, 0.3) is 0 Å². The van der Waals surface area contributed by atoms with E-state index in [0.29, 0.717) is 12.3 Å². The van der Waals surface area contributed by atoms with Gasteiger partial charge in [-0.15, -0.1) is 0 Å². The Morgan fingerprint density at radius 1 is 1.14 bits per heavy atom. The van der Waals surface area contributed by atoms with Crippen LogP contribution < -0.4 is 10.1 Å². The van der Waals surface area contributed by atoms with Crippen LogP contribution in [-0.2, 0) is 12.1 Å². The van der Waals surface area contributed by atoms with Crippen molar-refractivity contribution in [3.05, 3.63) is 59.7 Å². The van der Waals surface area contributed by atoms with E-state index in [0.717, 1.165) is 11.1 Å². The van der Waals surface area contributed by atoms with E-state index in [1.807, 2.05) is 43.3 Å². The predicted molar refractivity (Wildman–Crippen MR) is 82.4 cm³/mol. The Labute approximate surface area is 125 Å². The molecule has 0 spiro atoms. The molecule has 0 amide bonds. The quantitative estimate of drug-likeness (QED) is 0.763. The van der Waals surface area contributed by atoms with E-state index in [4.69, 9.17) is 4.74 Å². The van der Waals surface area contributed by atoms with Gasteiger partial charge in [0, 0.05) is 6.54 Å². The van der Waals surface area contributed by atoms with E-state index >= 15 is 0 Å². The van der Waals surface area contributed by atoms with E-state index in [9.17, 15) is 10.2 Å². The molecular formula is C17H21NO3. The monoisotopic (exact) mass is 287 g/mol. The molecule has 0 bridgehead atoms. The normalized spacial score (nSPS) is 13.7. The molecule has 1 atom stereocenters. The molecule has 4 nitrogen and oxygen atoms in total. The van der Waals surface area contributed by atoms with Crippen LogP contribution in [0.1, 0.15) is 18.1 Å². The Morgan fingerprint density at radius 2 is 1.86 bits per heavy atom. The van der Waals surface area contributed by atoms with Gasteiger partial charge in [-0.05, 0) is 30.2 Å². The number of methoxy groups -OCH3 is 1. The molecule has 0 heterocycles. The standard InChI is InChI=1S/C17H21NO3/c1-17(12-19,14-6-4-3-5-7-14)18-11-13-8-9-15(20)16(10-13)21-2/h3-10,18-20H,11-12H2,1-2H3. The highest BCUT2D eigenvalue weighted by molar-refractivity contribution is 5.41. The number of benzene rings is 2. The van der Waals surface area contributed by atoms with Gasteiger partial charge < -0.3 is 20.3 Å². The van der Waals surface area contributed by atoms with Crippen molar-refractivity contribution in [1.82, 2.24) is 5.32 Å². The molecule has 2 aromatic carbocycles. The van der Waals surface area contributed by atoms with Gasteiger partial charge in [0.15, 0.2) is 11.5 Å². The maximum absolute atomic E-state index is 9.73. The number of aliphatic hydroxyl groups excluding tert-OH is 1. The van der Waals surface area contributed by atoms with Crippen molar-refractivity contribution in [1.29, 1.82) is 0 Å². The van der Waals surface area contributed by atoms with Gasteiger partial charge >= 0.3 is 0 Å². The van der Waals surface area contributed by atoms with Crippen LogP contribution in [0.15, 0.2) is 48.5 Å². The van der Waals surface area contributed by atoms with Crippen LogP contribution in [0.5, 0.6) is 11.5 Å². The smallest absolute Gasteiger partial charge is 0.160 e. The topological polar surface area (TPSA) is 61.7 Å². The third-order valence-electron chi connectivity index (χ3n) is 3.65. The highest BCUT2D eigenvalue weighted by Gasteiger charge is 2.24. The number of hydrogen-bond donors (Lipinski definition) is 3. The fourth-order valence-corrected chi connectivity index (χ4v) is 2.18. The lowest BCUT2D eigenvalue weighted by molar-refractivity contribution is 0.173. The summed E-state index contributed by atoms with van der Waals surface area (Å²) in [5, 5.41) is 22.7. The molecule has 21 heavy (non-hydrogen) atoms. The minimum atomic E-state index is -0.521. The molecule has 0 saturated heterocycles. The SMILES string of the molecule is COc1cc(CNC(C)(CO)c2ccccc2)ccc1O. The number of rotatable bonds is 6. The summed E-state index contributed by atoms with van der Waals surface area (Å²) in [5.41, 5.74) is 1.48. The molecule has 0 aliphatic heterocycles.